The Morgan fingerprint density at radius 2 is 1.44 bits per heavy atom. The van der Waals surface area contributed by atoms with E-state index in [-0.39, 0.29) is 12.2 Å². The summed E-state index contributed by atoms with van der Waals surface area (Å²) in [5, 5.41) is 17.6. The summed E-state index contributed by atoms with van der Waals surface area (Å²) in [6, 6.07) is 0. The van der Waals surface area contributed by atoms with Crippen molar-refractivity contribution in [3.8, 4) is 0 Å². The van der Waals surface area contributed by atoms with Crippen LogP contribution in [0.25, 0.3) is 0 Å². The molecule has 0 spiro atoms. The molecule has 6 nitrogen and oxygen atoms in total. The van der Waals surface area contributed by atoms with Crippen LogP contribution in [0.2, 0.25) is 0 Å². The number of hydrogen-bond donors (Lipinski definition) is 2. The summed E-state index contributed by atoms with van der Waals surface area (Å²) < 4.78 is 5.26. The van der Waals surface area contributed by atoms with Crippen LogP contribution in [-0.4, -0.2) is 59.9 Å². The number of ether oxygens (including phenoxy) is 1. The molecule has 2 saturated heterocycles. The van der Waals surface area contributed by atoms with Gasteiger partial charge in [0.1, 0.15) is 0 Å². The predicted molar refractivity (Wildman–Crippen MR) is 64.4 cm³/mol. The molecule has 0 aliphatic carbocycles. The van der Waals surface area contributed by atoms with Gasteiger partial charge in [-0.3, -0.25) is 9.59 Å². The minimum atomic E-state index is -1.06. The minimum absolute atomic E-state index is 0.386. The molecule has 0 amide bonds. The van der Waals surface area contributed by atoms with Gasteiger partial charge in [0.15, 0.2) is 0 Å². The molecule has 18 heavy (non-hydrogen) atoms. The number of hydrogen-bond acceptors (Lipinski definition) is 4. The number of rotatable bonds is 3. The van der Waals surface area contributed by atoms with Gasteiger partial charge in [-0.2, -0.15) is 0 Å². The zero-order valence-electron chi connectivity index (χ0n) is 11.0. The summed E-state index contributed by atoms with van der Waals surface area (Å²) in [7, 11) is 4.11. The number of carbonyl (C=O) groups is 2. The third kappa shape index (κ3) is 3.20. The lowest BCUT2D eigenvalue weighted by Gasteiger charge is -2.20. The second-order valence-corrected chi connectivity index (χ2v) is 4.91. The first kappa shape index (κ1) is 14.9. The lowest BCUT2D eigenvalue weighted by atomic mass is 9.79. The SMILES string of the molecule is CCN(C)C.O=C(O)C1C2CCC(O2)C1C(=O)O. The molecule has 2 N–H and O–H groups in total. The number of fused-ring (bicyclic) bond motifs is 2. The van der Waals surface area contributed by atoms with E-state index in [2.05, 4.69) is 25.9 Å². The van der Waals surface area contributed by atoms with Gasteiger partial charge in [0, 0.05) is 0 Å². The normalized spacial score (nSPS) is 33.1. The van der Waals surface area contributed by atoms with Crippen molar-refractivity contribution < 1.29 is 24.5 Å². The van der Waals surface area contributed by atoms with Crippen LogP contribution in [0.5, 0.6) is 0 Å². The molecule has 4 unspecified atom stereocenters. The third-order valence-electron chi connectivity index (χ3n) is 3.48. The van der Waals surface area contributed by atoms with Gasteiger partial charge in [0.2, 0.25) is 0 Å². The Kier molecular flexibility index (Phi) is 5.10. The van der Waals surface area contributed by atoms with Crippen molar-refractivity contribution in [3.63, 3.8) is 0 Å². The Hall–Kier alpha value is -1.14. The number of aliphatic carboxylic acids is 2. The van der Waals surface area contributed by atoms with Crippen molar-refractivity contribution in [3.05, 3.63) is 0 Å². The highest BCUT2D eigenvalue weighted by atomic mass is 16.5. The van der Waals surface area contributed by atoms with Crippen LogP contribution in [0.1, 0.15) is 19.8 Å². The third-order valence-corrected chi connectivity index (χ3v) is 3.48. The molecule has 0 aromatic carbocycles. The maximum absolute atomic E-state index is 10.8. The highest BCUT2D eigenvalue weighted by Crippen LogP contribution is 2.43. The van der Waals surface area contributed by atoms with E-state index in [1.165, 1.54) is 0 Å². The van der Waals surface area contributed by atoms with Crippen molar-refractivity contribution in [2.75, 3.05) is 20.6 Å². The molecule has 0 aromatic heterocycles. The molecule has 2 heterocycles. The van der Waals surface area contributed by atoms with E-state index in [1.807, 2.05) is 0 Å². The summed E-state index contributed by atoms with van der Waals surface area (Å²) in [6.45, 7) is 3.26. The predicted octanol–water partition coefficient (Wildman–Crippen LogP) is 0.517. The lowest BCUT2D eigenvalue weighted by Crippen LogP contribution is -2.38. The molecule has 0 saturated carbocycles. The second kappa shape index (κ2) is 6.15. The van der Waals surface area contributed by atoms with Crippen molar-refractivity contribution >= 4 is 11.9 Å². The van der Waals surface area contributed by atoms with Crippen LogP contribution >= 0.6 is 0 Å². The van der Waals surface area contributed by atoms with E-state index in [1.54, 1.807) is 0 Å². The van der Waals surface area contributed by atoms with Crippen LogP contribution in [0.4, 0.5) is 0 Å². The minimum Gasteiger partial charge on any atom is -0.481 e. The van der Waals surface area contributed by atoms with Crippen LogP contribution in [-0.2, 0) is 14.3 Å². The average molecular weight is 259 g/mol. The summed E-state index contributed by atoms with van der Waals surface area (Å²) in [5.74, 6) is -3.81. The summed E-state index contributed by atoms with van der Waals surface area (Å²) in [5.41, 5.74) is 0. The number of carboxylic acid groups (broad SMARTS) is 2. The smallest absolute Gasteiger partial charge is 0.310 e. The molecular weight excluding hydrogens is 238 g/mol. The highest BCUT2D eigenvalue weighted by Gasteiger charge is 2.55. The van der Waals surface area contributed by atoms with E-state index in [0.29, 0.717) is 12.8 Å². The van der Waals surface area contributed by atoms with E-state index < -0.39 is 23.8 Å². The molecule has 2 aliphatic rings. The molecule has 0 radical (unpaired) electrons. The van der Waals surface area contributed by atoms with Crippen LogP contribution in [0.3, 0.4) is 0 Å². The summed E-state index contributed by atoms with van der Waals surface area (Å²) in [4.78, 5) is 23.7. The van der Waals surface area contributed by atoms with E-state index in [0.717, 1.165) is 6.54 Å². The molecule has 6 heteroatoms. The van der Waals surface area contributed by atoms with Crippen molar-refractivity contribution in [1.82, 2.24) is 4.90 Å². The topological polar surface area (TPSA) is 87.1 Å². The van der Waals surface area contributed by atoms with E-state index in [9.17, 15) is 9.59 Å². The molecule has 4 atom stereocenters. The van der Waals surface area contributed by atoms with E-state index in [4.69, 9.17) is 14.9 Å². The fourth-order valence-electron chi connectivity index (χ4n) is 2.31. The molecule has 2 rings (SSSR count). The lowest BCUT2D eigenvalue weighted by molar-refractivity contribution is -0.154. The first-order valence-electron chi connectivity index (χ1n) is 6.14. The maximum atomic E-state index is 10.8. The molecular formula is C12H21NO5. The average Bonchev–Trinajstić information content (AvgIpc) is 2.88. The van der Waals surface area contributed by atoms with Gasteiger partial charge in [0.25, 0.3) is 0 Å². The van der Waals surface area contributed by atoms with Gasteiger partial charge in [-0.25, -0.2) is 0 Å². The Balaban J connectivity index is 0.000000280. The highest BCUT2D eigenvalue weighted by molar-refractivity contribution is 5.82. The summed E-state index contributed by atoms with van der Waals surface area (Å²) in [6.07, 6.45) is 0.573. The Labute approximate surface area is 107 Å². The monoisotopic (exact) mass is 259 g/mol. The van der Waals surface area contributed by atoms with Crippen LogP contribution in [0.15, 0.2) is 0 Å². The van der Waals surface area contributed by atoms with E-state index >= 15 is 0 Å². The van der Waals surface area contributed by atoms with Gasteiger partial charge in [-0.15, -0.1) is 0 Å². The molecule has 0 aromatic rings. The Bertz CT molecular complexity index is 292. The van der Waals surface area contributed by atoms with Crippen molar-refractivity contribution in [2.45, 2.75) is 32.0 Å². The van der Waals surface area contributed by atoms with Gasteiger partial charge >= 0.3 is 11.9 Å². The number of carboxylic acids is 2. The number of nitrogens with zero attached hydrogens (tertiary/aromatic N) is 1. The van der Waals surface area contributed by atoms with Crippen LogP contribution in [0, 0.1) is 11.8 Å². The van der Waals surface area contributed by atoms with Crippen molar-refractivity contribution in [2.24, 2.45) is 11.8 Å². The van der Waals surface area contributed by atoms with Gasteiger partial charge < -0.3 is 19.8 Å². The van der Waals surface area contributed by atoms with Gasteiger partial charge in [-0.1, -0.05) is 6.92 Å². The van der Waals surface area contributed by atoms with Crippen LogP contribution < -0.4 is 0 Å². The second-order valence-electron chi connectivity index (χ2n) is 4.91. The zero-order chi connectivity index (χ0) is 13.9. The van der Waals surface area contributed by atoms with Gasteiger partial charge in [-0.05, 0) is 33.5 Å². The molecule has 104 valence electrons. The standard InChI is InChI=1S/C8H10O5.C4H11N/c9-7(10)5-3-1-2-4(13-3)6(5)8(11)12;1-4-5(2)3/h3-6H,1-2H2,(H,9,10)(H,11,12);4H2,1-3H3. The quantitative estimate of drug-likeness (QED) is 0.768. The molecule has 2 aliphatic heterocycles. The zero-order valence-corrected chi connectivity index (χ0v) is 11.0. The van der Waals surface area contributed by atoms with Gasteiger partial charge in [0.05, 0.1) is 24.0 Å². The maximum Gasteiger partial charge on any atom is 0.310 e. The first-order valence-corrected chi connectivity index (χ1v) is 6.14. The summed E-state index contributed by atoms with van der Waals surface area (Å²) >= 11 is 0. The molecule has 2 bridgehead atoms. The molecule has 2 fully saturated rings. The Morgan fingerprint density at radius 3 is 1.67 bits per heavy atom. The van der Waals surface area contributed by atoms with Crippen molar-refractivity contribution in [1.29, 1.82) is 0 Å². The largest absolute Gasteiger partial charge is 0.481 e. The fraction of sp³-hybridized carbons (Fsp3) is 0.833. The fourth-order valence-corrected chi connectivity index (χ4v) is 2.31. The first-order chi connectivity index (χ1) is 8.38. The Morgan fingerprint density at radius 1 is 1.11 bits per heavy atom.